The highest BCUT2D eigenvalue weighted by atomic mass is 32.2. The predicted molar refractivity (Wildman–Crippen MR) is 62.2 cm³/mol. The number of hydrazone groups is 1. The summed E-state index contributed by atoms with van der Waals surface area (Å²) in [5, 5.41) is 29.5. The van der Waals surface area contributed by atoms with E-state index in [-0.39, 0.29) is 5.69 Å². The molecule has 0 aliphatic rings. The maximum atomic E-state index is 10.9. The average Bonchev–Trinajstić information content (AvgIpc) is 2.30. The fraction of sp³-hybridized carbons (Fsp3) is 0. The van der Waals surface area contributed by atoms with Crippen LogP contribution >= 0.6 is 0 Å². The molecule has 0 atom stereocenters. The molecular formula is C9H7N3O6S. The van der Waals surface area contributed by atoms with E-state index in [1.54, 1.807) is 0 Å². The lowest BCUT2D eigenvalue weighted by molar-refractivity contribution is -0.129. The molecule has 0 radical (unpaired) electrons. The van der Waals surface area contributed by atoms with E-state index >= 15 is 0 Å². The summed E-state index contributed by atoms with van der Waals surface area (Å²) in [6.45, 7) is 0. The van der Waals surface area contributed by atoms with E-state index in [0.717, 1.165) is 18.2 Å². The highest BCUT2D eigenvalue weighted by Gasteiger charge is 2.13. The van der Waals surface area contributed by atoms with Crippen molar-refractivity contribution in [1.29, 1.82) is 5.26 Å². The van der Waals surface area contributed by atoms with E-state index in [0.29, 0.717) is 0 Å². The molecule has 1 rings (SSSR count). The number of nitrogens with zero attached hydrogens (tertiary/aromatic N) is 2. The third-order valence-corrected chi connectivity index (χ3v) is 2.71. The Hall–Kier alpha value is -2.64. The summed E-state index contributed by atoms with van der Waals surface area (Å²) >= 11 is 0. The number of hydrogen-bond acceptors (Lipinski definition) is 7. The third-order valence-electron chi connectivity index (χ3n) is 1.86. The molecule has 19 heavy (non-hydrogen) atoms. The Balaban J connectivity index is 3.16. The molecule has 0 saturated carbocycles. The number of nitriles is 1. The Kier molecular flexibility index (Phi) is 4.05. The van der Waals surface area contributed by atoms with Crippen molar-refractivity contribution >= 4 is 27.5 Å². The predicted octanol–water partition coefficient (Wildman–Crippen LogP) is 0.0150. The average molecular weight is 285 g/mol. The van der Waals surface area contributed by atoms with Crippen molar-refractivity contribution in [2.75, 3.05) is 5.43 Å². The number of aliphatic carboxylic acids is 1. The van der Waals surface area contributed by atoms with Crippen LogP contribution in [0, 0.1) is 11.3 Å². The number of carboxylic acid groups (broad SMARTS) is 1. The first-order chi connectivity index (χ1) is 8.75. The van der Waals surface area contributed by atoms with Gasteiger partial charge in [0.05, 0.1) is 10.6 Å². The van der Waals surface area contributed by atoms with Crippen molar-refractivity contribution in [2.24, 2.45) is 5.10 Å². The normalized spacial score (nSPS) is 11.7. The maximum absolute atomic E-state index is 10.9. The van der Waals surface area contributed by atoms with Gasteiger partial charge in [0.15, 0.2) is 0 Å². The van der Waals surface area contributed by atoms with Crippen molar-refractivity contribution in [2.45, 2.75) is 4.90 Å². The number of phenolic OH excluding ortho intramolecular Hbond substituents is 1. The van der Waals surface area contributed by atoms with E-state index in [1.807, 2.05) is 5.43 Å². The summed E-state index contributed by atoms with van der Waals surface area (Å²) in [5.74, 6) is -2.04. The SMILES string of the molecule is N#CC(=NNc1cc(S(=O)(=O)O)ccc1O)C(=O)O. The molecule has 0 fully saturated rings. The monoisotopic (exact) mass is 285 g/mol. The first-order valence-corrected chi connectivity index (χ1v) is 5.97. The van der Waals surface area contributed by atoms with Crippen LogP contribution in [0.15, 0.2) is 28.2 Å². The fourth-order valence-electron chi connectivity index (χ4n) is 1.00. The molecule has 1 aromatic carbocycles. The summed E-state index contributed by atoms with van der Waals surface area (Å²) in [7, 11) is -4.48. The summed E-state index contributed by atoms with van der Waals surface area (Å²) in [5.41, 5.74) is 0.837. The molecule has 1 aromatic rings. The van der Waals surface area contributed by atoms with Crippen LogP contribution in [-0.4, -0.2) is 34.9 Å². The summed E-state index contributed by atoms with van der Waals surface area (Å²) in [6.07, 6.45) is 0. The Bertz CT molecular complexity index is 688. The number of phenols is 1. The highest BCUT2D eigenvalue weighted by molar-refractivity contribution is 7.85. The van der Waals surface area contributed by atoms with E-state index < -0.39 is 32.4 Å². The molecule has 0 unspecified atom stereocenters. The van der Waals surface area contributed by atoms with Gasteiger partial charge in [0.25, 0.3) is 10.1 Å². The maximum Gasteiger partial charge on any atom is 0.367 e. The Labute approximate surface area is 107 Å². The molecule has 100 valence electrons. The Morgan fingerprint density at radius 3 is 2.53 bits per heavy atom. The molecule has 0 spiro atoms. The lowest BCUT2D eigenvalue weighted by Gasteiger charge is -2.05. The number of carbonyl (C=O) groups is 1. The minimum absolute atomic E-state index is 0.288. The van der Waals surface area contributed by atoms with E-state index in [9.17, 15) is 18.3 Å². The summed E-state index contributed by atoms with van der Waals surface area (Å²) in [6, 6.07) is 3.98. The molecule has 0 aliphatic heterocycles. The van der Waals surface area contributed by atoms with Gasteiger partial charge in [-0.15, -0.1) is 0 Å². The molecule has 0 bridgehead atoms. The van der Waals surface area contributed by atoms with Crippen LogP contribution in [0.25, 0.3) is 0 Å². The molecular weight excluding hydrogens is 278 g/mol. The van der Waals surface area contributed by atoms with Gasteiger partial charge in [-0.1, -0.05) is 0 Å². The summed E-state index contributed by atoms with van der Waals surface area (Å²) < 4.78 is 30.5. The van der Waals surface area contributed by atoms with Crippen LogP contribution in [-0.2, 0) is 14.9 Å². The molecule has 0 aromatic heterocycles. The Morgan fingerprint density at radius 2 is 2.05 bits per heavy atom. The lowest BCUT2D eigenvalue weighted by atomic mass is 10.3. The largest absolute Gasteiger partial charge is 0.506 e. The second-order valence-corrected chi connectivity index (χ2v) is 4.56. The molecule has 0 saturated heterocycles. The van der Waals surface area contributed by atoms with E-state index in [4.69, 9.17) is 14.9 Å². The van der Waals surface area contributed by atoms with E-state index in [1.165, 1.54) is 6.07 Å². The molecule has 0 amide bonds. The molecule has 4 N–H and O–H groups in total. The van der Waals surface area contributed by atoms with Crippen LogP contribution in [0.1, 0.15) is 0 Å². The van der Waals surface area contributed by atoms with Gasteiger partial charge >= 0.3 is 5.97 Å². The van der Waals surface area contributed by atoms with Crippen LogP contribution in [0.4, 0.5) is 5.69 Å². The number of aromatic hydroxyl groups is 1. The van der Waals surface area contributed by atoms with Crippen LogP contribution in [0.3, 0.4) is 0 Å². The molecule has 10 heteroatoms. The second kappa shape index (κ2) is 5.34. The molecule has 0 aliphatic carbocycles. The smallest absolute Gasteiger partial charge is 0.367 e. The number of nitrogens with one attached hydrogen (secondary N) is 1. The third kappa shape index (κ3) is 3.66. The quantitative estimate of drug-likeness (QED) is 0.260. The van der Waals surface area contributed by atoms with Crippen molar-refractivity contribution in [1.82, 2.24) is 0 Å². The van der Waals surface area contributed by atoms with Crippen LogP contribution in [0.2, 0.25) is 0 Å². The number of anilines is 1. The zero-order valence-electron chi connectivity index (χ0n) is 9.10. The van der Waals surface area contributed by atoms with Gasteiger partial charge in [-0.2, -0.15) is 18.8 Å². The topological polar surface area (TPSA) is 160 Å². The van der Waals surface area contributed by atoms with Gasteiger partial charge in [0, 0.05) is 0 Å². The minimum Gasteiger partial charge on any atom is -0.506 e. The number of benzene rings is 1. The van der Waals surface area contributed by atoms with Gasteiger partial charge < -0.3 is 10.2 Å². The van der Waals surface area contributed by atoms with Crippen molar-refractivity contribution in [3.63, 3.8) is 0 Å². The van der Waals surface area contributed by atoms with Crippen molar-refractivity contribution in [3.8, 4) is 11.8 Å². The van der Waals surface area contributed by atoms with Crippen LogP contribution < -0.4 is 5.43 Å². The van der Waals surface area contributed by atoms with Gasteiger partial charge in [-0.3, -0.25) is 9.98 Å². The van der Waals surface area contributed by atoms with Crippen molar-refractivity contribution < 1.29 is 28.0 Å². The zero-order valence-corrected chi connectivity index (χ0v) is 9.92. The molecule has 9 nitrogen and oxygen atoms in total. The minimum atomic E-state index is -4.48. The number of hydrogen-bond donors (Lipinski definition) is 4. The number of carboxylic acids is 1. The highest BCUT2D eigenvalue weighted by Crippen LogP contribution is 2.26. The van der Waals surface area contributed by atoms with Gasteiger partial charge in [-0.05, 0) is 18.2 Å². The first-order valence-electron chi connectivity index (χ1n) is 4.53. The second-order valence-electron chi connectivity index (χ2n) is 3.14. The standard InChI is InChI=1S/C9H7N3O6S/c10-4-7(9(14)15)12-11-6-3-5(19(16,17)18)1-2-8(6)13/h1-3,11,13H,(H,14,15)(H,16,17,18). The van der Waals surface area contributed by atoms with Crippen molar-refractivity contribution in [3.05, 3.63) is 18.2 Å². The van der Waals surface area contributed by atoms with Crippen LogP contribution in [0.5, 0.6) is 5.75 Å². The Morgan fingerprint density at radius 1 is 1.42 bits per heavy atom. The summed E-state index contributed by atoms with van der Waals surface area (Å²) in [4.78, 5) is 9.94. The fourth-order valence-corrected chi connectivity index (χ4v) is 1.51. The number of rotatable bonds is 4. The van der Waals surface area contributed by atoms with Gasteiger partial charge in [0.2, 0.25) is 5.71 Å². The van der Waals surface area contributed by atoms with E-state index in [2.05, 4.69) is 5.10 Å². The lowest BCUT2D eigenvalue weighted by Crippen LogP contribution is -2.12. The zero-order chi connectivity index (χ0) is 14.6. The first kappa shape index (κ1) is 14.4. The van der Waals surface area contributed by atoms with Gasteiger partial charge in [0.1, 0.15) is 11.8 Å². The van der Waals surface area contributed by atoms with Gasteiger partial charge in [-0.25, -0.2) is 4.79 Å². The molecule has 0 heterocycles.